The van der Waals surface area contributed by atoms with E-state index in [0.29, 0.717) is 44.6 Å². The summed E-state index contributed by atoms with van der Waals surface area (Å²) in [6.07, 6.45) is 1.11. The Morgan fingerprint density at radius 1 is 1.10 bits per heavy atom. The number of carbonyl (C=O) groups is 1. The van der Waals surface area contributed by atoms with Crippen molar-refractivity contribution in [3.05, 3.63) is 64.5 Å². The molecule has 1 saturated heterocycles. The lowest BCUT2D eigenvalue weighted by Gasteiger charge is -2.40. The molecule has 1 atom stereocenters. The molecule has 1 N–H and O–H groups in total. The Hall–Kier alpha value is -3.39. The van der Waals surface area contributed by atoms with Gasteiger partial charge in [0.25, 0.3) is 6.43 Å². The Balaban J connectivity index is 0.00000191. The van der Waals surface area contributed by atoms with E-state index in [1.54, 1.807) is 15.9 Å². The van der Waals surface area contributed by atoms with Crippen molar-refractivity contribution in [2.24, 2.45) is 0 Å². The second-order valence-corrected chi connectivity index (χ2v) is 9.08. The summed E-state index contributed by atoms with van der Waals surface area (Å²) in [6.45, 7) is 8.62. The molecule has 0 unspecified atom stereocenters. The fourth-order valence-corrected chi connectivity index (χ4v) is 4.41. The predicted octanol–water partition coefficient (Wildman–Crippen LogP) is 6.26. The summed E-state index contributed by atoms with van der Waals surface area (Å²) in [5.41, 5.74) is 2.03. The average Bonchev–Trinajstić information content (AvgIpc) is 2.94. The van der Waals surface area contributed by atoms with Crippen LogP contribution < -0.4 is 5.32 Å². The molecule has 2 heterocycles. The summed E-state index contributed by atoms with van der Waals surface area (Å²) in [6, 6.07) is 5.39. The van der Waals surface area contributed by atoms with Crippen LogP contribution in [0.1, 0.15) is 46.1 Å². The number of anilines is 1. The molecule has 2 aliphatic rings. The van der Waals surface area contributed by atoms with Crippen LogP contribution in [0.5, 0.6) is 0 Å². The van der Waals surface area contributed by atoms with Crippen molar-refractivity contribution in [1.82, 2.24) is 14.7 Å². The van der Waals surface area contributed by atoms with Gasteiger partial charge in [0, 0.05) is 52.1 Å². The number of amides is 1. The number of halogens is 5. The van der Waals surface area contributed by atoms with Crippen molar-refractivity contribution in [2.45, 2.75) is 53.0 Å². The third kappa shape index (κ3) is 9.97. The molecule has 0 saturated carbocycles. The van der Waals surface area contributed by atoms with Crippen LogP contribution in [0.25, 0.3) is 0 Å². The lowest BCUT2D eigenvalue weighted by molar-refractivity contribution is -0.128. The normalized spacial score (nSPS) is 21.9. The molecule has 0 radical (unpaired) electrons. The van der Waals surface area contributed by atoms with E-state index >= 15 is 4.39 Å². The van der Waals surface area contributed by atoms with Crippen LogP contribution in [-0.2, 0) is 4.79 Å². The Kier molecular flexibility index (Phi) is 15.0. The molecule has 40 heavy (non-hydrogen) atoms. The maximum atomic E-state index is 15.9. The number of alkyl halides is 3. The van der Waals surface area contributed by atoms with Gasteiger partial charge in [-0.2, -0.15) is 5.26 Å². The van der Waals surface area contributed by atoms with Gasteiger partial charge >= 0.3 is 0 Å². The quantitative estimate of drug-likeness (QED) is 0.410. The molecule has 1 aromatic carbocycles. The SMILES string of the molecule is CC.CC1=C/CC(=O)N(C)/C(N2CCN(CC(F)F)CC2)=C(/F)C/C([C@@H](C)Nc2ccc(F)cc2C#N)=C\1.CF. The minimum atomic E-state index is -2.44. The van der Waals surface area contributed by atoms with Crippen LogP contribution in [0.15, 0.2) is 53.1 Å². The van der Waals surface area contributed by atoms with E-state index in [1.165, 1.54) is 24.1 Å². The van der Waals surface area contributed by atoms with Crippen molar-refractivity contribution >= 4 is 11.6 Å². The highest BCUT2D eigenvalue weighted by Gasteiger charge is 2.29. The third-order valence-corrected chi connectivity index (χ3v) is 6.40. The number of hydrogen-bond donors (Lipinski definition) is 1. The largest absolute Gasteiger partial charge is 0.378 e. The molecular formula is C29H40F5N5O. The highest BCUT2D eigenvalue weighted by atomic mass is 19.3. The molecule has 1 aromatic rings. The zero-order chi connectivity index (χ0) is 30.4. The Morgan fingerprint density at radius 3 is 2.30 bits per heavy atom. The van der Waals surface area contributed by atoms with Crippen molar-refractivity contribution in [3.63, 3.8) is 0 Å². The summed E-state index contributed by atoms with van der Waals surface area (Å²) in [5, 5.41) is 12.5. The summed E-state index contributed by atoms with van der Waals surface area (Å²) >= 11 is 0. The third-order valence-electron chi connectivity index (χ3n) is 6.40. The fraction of sp³-hybridized carbons (Fsp3) is 0.517. The van der Waals surface area contributed by atoms with Gasteiger partial charge < -0.3 is 10.2 Å². The number of nitrogens with zero attached hydrogens (tertiary/aromatic N) is 4. The standard InChI is InChI=1S/C26H31F4N5O.C2H6.CH3F/c1-17-4-7-25(36)33(3)26(35-10-8-34(9-11-35)16-24(29)30)22(28)14-19(12-17)18(2)32-23-6-5-21(27)13-20(23)15-31;2*1-2/h4-6,12-13,18,24,32H,7-11,14,16H2,1-3H3;1-2H3;1H3/b17-4-,19-12+,26-22-;;/t18-;;/m1../s1. The molecule has 1 fully saturated rings. The van der Waals surface area contributed by atoms with Crippen molar-refractivity contribution in [2.75, 3.05) is 52.3 Å². The summed E-state index contributed by atoms with van der Waals surface area (Å²) in [4.78, 5) is 17.5. The second kappa shape index (κ2) is 17.3. The Bertz CT molecular complexity index is 1100. The average molecular weight is 570 g/mol. The molecule has 222 valence electrons. The van der Waals surface area contributed by atoms with Crippen LogP contribution in [0.2, 0.25) is 0 Å². The zero-order valence-corrected chi connectivity index (χ0v) is 24.1. The second-order valence-electron chi connectivity index (χ2n) is 9.08. The van der Waals surface area contributed by atoms with Gasteiger partial charge in [0.15, 0.2) is 0 Å². The van der Waals surface area contributed by atoms with Gasteiger partial charge in [-0.25, -0.2) is 17.6 Å². The molecule has 1 amide bonds. The van der Waals surface area contributed by atoms with Crippen LogP contribution in [-0.4, -0.2) is 80.0 Å². The van der Waals surface area contributed by atoms with Gasteiger partial charge in [-0.15, -0.1) is 0 Å². The summed E-state index contributed by atoms with van der Waals surface area (Å²) < 4.78 is 64.5. The van der Waals surface area contributed by atoms with Crippen LogP contribution in [0.3, 0.4) is 0 Å². The molecule has 0 bridgehead atoms. The minimum Gasteiger partial charge on any atom is -0.378 e. The van der Waals surface area contributed by atoms with Crippen LogP contribution in [0.4, 0.5) is 27.6 Å². The number of nitriles is 1. The van der Waals surface area contributed by atoms with Gasteiger partial charge in [-0.05, 0) is 37.6 Å². The molecular weight excluding hydrogens is 529 g/mol. The van der Waals surface area contributed by atoms with Gasteiger partial charge in [-0.3, -0.25) is 19.0 Å². The van der Waals surface area contributed by atoms with E-state index in [-0.39, 0.29) is 36.7 Å². The topological polar surface area (TPSA) is 62.6 Å². The number of piperazine rings is 1. The van der Waals surface area contributed by atoms with E-state index in [1.807, 2.05) is 39.8 Å². The summed E-state index contributed by atoms with van der Waals surface area (Å²) in [7, 11) is 2.02. The molecule has 6 nitrogen and oxygen atoms in total. The van der Waals surface area contributed by atoms with Gasteiger partial charge in [0.1, 0.15) is 23.5 Å². The first-order valence-corrected chi connectivity index (χ1v) is 13.2. The molecule has 3 rings (SSSR count). The van der Waals surface area contributed by atoms with E-state index in [9.17, 15) is 27.6 Å². The highest BCUT2D eigenvalue weighted by molar-refractivity contribution is 5.79. The van der Waals surface area contributed by atoms with E-state index in [2.05, 4.69) is 5.32 Å². The highest BCUT2D eigenvalue weighted by Crippen LogP contribution is 2.29. The van der Waals surface area contributed by atoms with Crippen molar-refractivity contribution in [3.8, 4) is 6.07 Å². The summed E-state index contributed by atoms with van der Waals surface area (Å²) in [5.74, 6) is -1.17. The fourth-order valence-electron chi connectivity index (χ4n) is 4.41. The lowest BCUT2D eigenvalue weighted by atomic mass is 9.99. The number of carbonyl (C=O) groups excluding carboxylic acids is 1. The Labute approximate surface area is 234 Å². The molecule has 0 aliphatic carbocycles. The smallest absolute Gasteiger partial charge is 0.251 e. The minimum absolute atomic E-state index is 0.0760. The maximum Gasteiger partial charge on any atom is 0.251 e. The first kappa shape index (κ1) is 34.6. The van der Waals surface area contributed by atoms with Gasteiger partial charge in [0.2, 0.25) is 5.91 Å². The van der Waals surface area contributed by atoms with Crippen LogP contribution in [0, 0.1) is 17.1 Å². The number of hydrogen-bond acceptors (Lipinski definition) is 5. The van der Waals surface area contributed by atoms with Crippen molar-refractivity contribution < 1.29 is 26.7 Å². The molecule has 0 aromatic heterocycles. The van der Waals surface area contributed by atoms with E-state index in [0.717, 1.165) is 11.6 Å². The number of nitrogens with one attached hydrogen (secondary N) is 1. The maximum absolute atomic E-state index is 15.9. The van der Waals surface area contributed by atoms with E-state index in [4.69, 9.17) is 0 Å². The first-order valence-electron chi connectivity index (χ1n) is 13.2. The number of allylic oxidation sites excluding steroid dienone is 3. The van der Waals surface area contributed by atoms with Crippen molar-refractivity contribution in [1.29, 1.82) is 5.26 Å². The lowest BCUT2D eigenvalue weighted by Crippen LogP contribution is -2.50. The van der Waals surface area contributed by atoms with Gasteiger partial charge in [-0.1, -0.05) is 31.6 Å². The molecule has 11 heteroatoms. The first-order chi connectivity index (χ1) is 19.1. The van der Waals surface area contributed by atoms with Gasteiger partial charge in [0.05, 0.1) is 25.0 Å². The molecule has 2 aliphatic heterocycles. The number of benzene rings is 1. The molecule has 0 spiro atoms. The van der Waals surface area contributed by atoms with E-state index < -0.39 is 24.1 Å². The Morgan fingerprint density at radius 2 is 1.73 bits per heavy atom. The van der Waals surface area contributed by atoms with Crippen LogP contribution >= 0.6 is 0 Å². The number of rotatable bonds is 6. The predicted molar refractivity (Wildman–Crippen MR) is 149 cm³/mol. The zero-order valence-electron chi connectivity index (χ0n) is 24.1. The monoisotopic (exact) mass is 569 g/mol.